The third kappa shape index (κ3) is 6.15. The lowest BCUT2D eigenvalue weighted by Crippen LogP contribution is -2.42. The van der Waals surface area contributed by atoms with Gasteiger partial charge in [0.15, 0.2) is 0 Å². The standard InChI is InChI=1S/C30H25F4N3O3/c1-5-29(2,3)37-26(38)19-8-6-7-18(15-19)21-16-22-24(27(39)35-4)25(17-9-11-20(31)12-10-17)40-28(22)36-23(21)13-14-30(32,33)34/h1,6-12,15-16H,13-14H2,2-4H3,(H,35,39)(H,37,38). The molecule has 2 heterocycles. The van der Waals surface area contributed by atoms with Crippen LogP contribution in [0.1, 0.15) is 46.7 Å². The van der Waals surface area contributed by atoms with Gasteiger partial charge in [-0.1, -0.05) is 18.1 Å². The summed E-state index contributed by atoms with van der Waals surface area (Å²) in [6.07, 6.45) is -0.606. The number of amides is 2. The zero-order chi connectivity index (χ0) is 29.2. The number of furan rings is 1. The summed E-state index contributed by atoms with van der Waals surface area (Å²) in [6, 6.07) is 13.0. The van der Waals surface area contributed by atoms with E-state index in [9.17, 15) is 27.2 Å². The summed E-state index contributed by atoms with van der Waals surface area (Å²) >= 11 is 0. The average molecular weight is 552 g/mol. The molecule has 0 spiro atoms. The van der Waals surface area contributed by atoms with E-state index in [2.05, 4.69) is 21.5 Å². The van der Waals surface area contributed by atoms with E-state index in [-0.39, 0.29) is 33.7 Å². The summed E-state index contributed by atoms with van der Waals surface area (Å²) in [5, 5.41) is 5.49. The Morgan fingerprint density at radius 1 is 1.02 bits per heavy atom. The van der Waals surface area contributed by atoms with Gasteiger partial charge in [0.2, 0.25) is 5.71 Å². The summed E-state index contributed by atoms with van der Waals surface area (Å²) in [5.41, 5.74) is 0.480. The monoisotopic (exact) mass is 551 g/mol. The Kier molecular flexibility index (Phi) is 7.69. The van der Waals surface area contributed by atoms with E-state index in [1.165, 1.54) is 43.4 Å². The molecule has 2 N–H and O–H groups in total. The van der Waals surface area contributed by atoms with Crippen LogP contribution in [0.2, 0.25) is 0 Å². The predicted octanol–water partition coefficient (Wildman–Crippen LogP) is 6.30. The van der Waals surface area contributed by atoms with Gasteiger partial charge in [0.1, 0.15) is 11.6 Å². The van der Waals surface area contributed by atoms with Gasteiger partial charge in [-0.3, -0.25) is 9.59 Å². The van der Waals surface area contributed by atoms with Crippen molar-refractivity contribution in [1.29, 1.82) is 0 Å². The van der Waals surface area contributed by atoms with Crippen molar-refractivity contribution in [2.75, 3.05) is 7.05 Å². The van der Waals surface area contributed by atoms with Crippen molar-refractivity contribution in [3.63, 3.8) is 0 Å². The highest BCUT2D eigenvalue weighted by Gasteiger charge is 2.29. The van der Waals surface area contributed by atoms with Gasteiger partial charge in [-0.25, -0.2) is 9.37 Å². The van der Waals surface area contributed by atoms with Crippen LogP contribution in [0.3, 0.4) is 0 Å². The Morgan fingerprint density at radius 2 is 1.73 bits per heavy atom. The zero-order valence-corrected chi connectivity index (χ0v) is 21.9. The highest BCUT2D eigenvalue weighted by Crippen LogP contribution is 2.37. The molecule has 4 aromatic rings. The van der Waals surface area contributed by atoms with Crippen LogP contribution in [0.4, 0.5) is 17.6 Å². The number of carbonyl (C=O) groups is 2. The van der Waals surface area contributed by atoms with Gasteiger partial charge in [0.25, 0.3) is 11.8 Å². The number of nitrogens with zero attached hydrogens (tertiary/aromatic N) is 1. The molecule has 0 unspecified atom stereocenters. The van der Waals surface area contributed by atoms with Crippen LogP contribution in [-0.4, -0.2) is 35.6 Å². The van der Waals surface area contributed by atoms with Gasteiger partial charge in [-0.05, 0) is 68.3 Å². The molecule has 4 rings (SSSR count). The number of terminal acetylenes is 1. The molecular weight excluding hydrogens is 526 g/mol. The quantitative estimate of drug-likeness (QED) is 0.209. The second kappa shape index (κ2) is 10.8. The number of hydrogen-bond donors (Lipinski definition) is 2. The number of nitrogens with one attached hydrogen (secondary N) is 2. The number of aromatic nitrogens is 1. The molecule has 0 aliphatic heterocycles. The zero-order valence-electron chi connectivity index (χ0n) is 21.9. The van der Waals surface area contributed by atoms with E-state index >= 15 is 0 Å². The fraction of sp³-hybridized carbons (Fsp3) is 0.233. The Bertz CT molecular complexity index is 1630. The number of halogens is 4. The molecule has 0 saturated heterocycles. The van der Waals surface area contributed by atoms with Gasteiger partial charge >= 0.3 is 6.18 Å². The normalized spacial score (nSPS) is 11.8. The molecule has 40 heavy (non-hydrogen) atoms. The molecule has 0 aliphatic rings. The minimum atomic E-state index is -4.45. The highest BCUT2D eigenvalue weighted by molar-refractivity contribution is 6.11. The molecule has 0 fully saturated rings. The molecule has 206 valence electrons. The van der Waals surface area contributed by atoms with Crippen molar-refractivity contribution in [2.45, 2.75) is 38.4 Å². The SMILES string of the molecule is C#CC(C)(C)NC(=O)c1cccc(-c2cc3c(C(=O)NC)c(-c4ccc(F)cc4)oc3nc2CCC(F)(F)F)c1. The van der Waals surface area contributed by atoms with Crippen LogP contribution >= 0.6 is 0 Å². The maximum absolute atomic E-state index is 13.6. The first-order chi connectivity index (χ1) is 18.8. The van der Waals surface area contributed by atoms with Crippen molar-refractivity contribution in [3.05, 3.63) is 77.2 Å². The lowest BCUT2D eigenvalue weighted by molar-refractivity contribution is -0.134. The molecule has 6 nitrogen and oxygen atoms in total. The average Bonchev–Trinajstić information content (AvgIpc) is 3.29. The van der Waals surface area contributed by atoms with Gasteiger partial charge in [0, 0.05) is 30.2 Å². The third-order valence-corrected chi connectivity index (χ3v) is 6.19. The van der Waals surface area contributed by atoms with Crippen molar-refractivity contribution in [3.8, 4) is 34.8 Å². The Morgan fingerprint density at radius 3 is 2.35 bits per heavy atom. The molecule has 2 aromatic carbocycles. The number of fused-ring (bicyclic) bond motifs is 1. The molecule has 0 atom stereocenters. The van der Waals surface area contributed by atoms with Gasteiger partial charge < -0.3 is 15.1 Å². The second-order valence-electron chi connectivity index (χ2n) is 9.65. The van der Waals surface area contributed by atoms with E-state index in [1.54, 1.807) is 32.0 Å². The van der Waals surface area contributed by atoms with Crippen LogP contribution in [0.25, 0.3) is 33.6 Å². The number of carbonyl (C=O) groups excluding carboxylic acids is 2. The Labute approximate surface area is 227 Å². The molecule has 0 saturated carbocycles. The van der Waals surface area contributed by atoms with Crippen LogP contribution in [-0.2, 0) is 6.42 Å². The van der Waals surface area contributed by atoms with Crippen LogP contribution < -0.4 is 10.6 Å². The topological polar surface area (TPSA) is 84.2 Å². The Balaban J connectivity index is 1.92. The molecule has 0 radical (unpaired) electrons. The highest BCUT2D eigenvalue weighted by atomic mass is 19.4. The Hall–Kier alpha value is -4.65. The fourth-order valence-electron chi connectivity index (χ4n) is 4.13. The number of alkyl halides is 3. The maximum atomic E-state index is 13.6. The number of pyridine rings is 1. The number of aryl methyl sites for hydroxylation is 1. The lowest BCUT2D eigenvalue weighted by atomic mass is 9.96. The molecule has 10 heteroatoms. The molecule has 2 amide bonds. The number of rotatable bonds is 7. The van der Waals surface area contributed by atoms with E-state index < -0.39 is 42.2 Å². The number of hydrogen-bond acceptors (Lipinski definition) is 4. The summed E-state index contributed by atoms with van der Waals surface area (Å²) in [6.45, 7) is 3.31. The van der Waals surface area contributed by atoms with Crippen molar-refractivity contribution >= 4 is 22.9 Å². The maximum Gasteiger partial charge on any atom is 0.389 e. The lowest BCUT2D eigenvalue weighted by Gasteiger charge is -2.20. The smallest absolute Gasteiger partial charge is 0.389 e. The first-order valence-electron chi connectivity index (χ1n) is 12.2. The van der Waals surface area contributed by atoms with Crippen LogP contribution in [0.15, 0.2) is 59.0 Å². The van der Waals surface area contributed by atoms with Crippen molar-refractivity contribution in [1.82, 2.24) is 15.6 Å². The molecule has 0 bridgehead atoms. The number of benzene rings is 2. The van der Waals surface area contributed by atoms with Crippen molar-refractivity contribution in [2.24, 2.45) is 0 Å². The predicted molar refractivity (Wildman–Crippen MR) is 143 cm³/mol. The minimum absolute atomic E-state index is 0.0523. The minimum Gasteiger partial charge on any atom is -0.437 e. The summed E-state index contributed by atoms with van der Waals surface area (Å²) in [5.74, 6) is 1.07. The van der Waals surface area contributed by atoms with E-state index in [0.29, 0.717) is 16.7 Å². The fourth-order valence-corrected chi connectivity index (χ4v) is 4.13. The first kappa shape index (κ1) is 28.4. The molecule has 0 aliphatic carbocycles. The van der Waals surface area contributed by atoms with Crippen molar-refractivity contribution < 1.29 is 31.6 Å². The van der Waals surface area contributed by atoms with Gasteiger partial charge in [0.05, 0.1) is 22.2 Å². The van der Waals surface area contributed by atoms with Crippen LogP contribution in [0.5, 0.6) is 0 Å². The van der Waals surface area contributed by atoms with Gasteiger partial charge in [-0.2, -0.15) is 13.2 Å². The van der Waals surface area contributed by atoms with E-state index in [0.717, 1.165) is 0 Å². The van der Waals surface area contributed by atoms with Crippen LogP contribution in [0, 0.1) is 18.2 Å². The molecule has 2 aromatic heterocycles. The van der Waals surface area contributed by atoms with E-state index in [1.807, 2.05) is 0 Å². The third-order valence-electron chi connectivity index (χ3n) is 6.19. The first-order valence-corrected chi connectivity index (χ1v) is 12.2. The summed E-state index contributed by atoms with van der Waals surface area (Å²) in [4.78, 5) is 30.2. The summed E-state index contributed by atoms with van der Waals surface area (Å²) in [7, 11) is 1.42. The second-order valence-corrected chi connectivity index (χ2v) is 9.65. The van der Waals surface area contributed by atoms with Gasteiger partial charge in [-0.15, -0.1) is 6.42 Å². The van der Waals surface area contributed by atoms with E-state index in [4.69, 9.17) is 10.8 Å². The molecular formula is C30H25F4N3O3. The largest absolute Gasteiger partial charge is 0.437 e. The summed E-state index contributed by atoms with van der Waals surface area (Å²) < 4.78 is 59.1.